The van der Waals surface area contributed by atoms with Crippen molar-refractivity contribution in [2.75, 3.05) is 26.3 Å². The number of benzene rings is 2. The molecular weight excluding hydrogens is 412 g/mol. The lowest BCUT2D eigenvalue weighted by Crippen LogP contribution is -2.37. The van der Waals surface area contributed by atoms with Gasteiger partial charge < -0.3 is 14.2 Å². The number of hydrogen-bond donors (Lipinski definition) is 0. The van der Waals surface area contributed by atoms with Gasteiger partial charge in [-0.3, -0.25) is 9.78 Å². The van der Waals surface area contributed by atoms with Crippen molar-refractivity contribution in [1.82, 2.24) is 19.4 Å². The highest BCUT2D eigenvalue weighted by atomic mass is 16.5. The summed E-state index contributed by atoms with van der Waals surface area (Å²) in [6.45, 7) is 5.07. The Hall–Kier alpha value is -3.51. The molecule has 0 N–H and O–H groups in total. The highest BCUT2D eigenvalue weighted by Gasteiger charge is 2.25. The number of carbonyl (C=O) groups excluding carboxylic acids is 1. The van der Waals surface area contributed by atoms with E-state index in [1.165, 1.54) is 10.9 Å². The average Bonchev–Trinajstić information content (AvgIpc) is 3.10. The van der Waals surface area contributed by atoms with Gasteiger partial charge in [0.2, 0.25) is 0 Å². The molecule has 168 valence electrons. The third-order valence-electron chi connectivity index (χ3n) is 6.40. The van der Waals surface area contributed by atoms with Gasteiger partial charge >= 0.3 is 0 Å². The van der Waals surface area contributed by atoms with Gasteiger partial charge in [-0.25, -0.2) is 4.98 Å². The Morgan fingerprint density at radius 3 is 2.82 bits per heavy atom. The largest absolute Gasteiger partial charge is 0.379 e. The lowest BCUT2D eigenvalue weighted by molar-refractivity contribution is 0.0736. The highest BCUT2D eigenvalue weighted by molar-refractivity contribution is 5.95. The zero-order chi connectivity index (χ0) is 22.6. The van der Waals surface area contributed by atoms with E-state index in [1.54, 1.807) is 6.20 Å². The zero-order valence-electron chi connectivity index (χ0n) is 18.9. The van der Waals surface area contributed by atoms with Crippen LogP contribution in [0.15, 0.2) is 73.3 Å². The van der Waals surface area contributed by atoms with Crippen LogP contribution in [0.25, 0.3) is 10.8 Å². The predicted octanol–water partition coefficient (Wildman–Crippen LogP) is 4.12. The van der Waals surface area contributed by atoms with Gasteiger partial charge in [0.15, 0.2) is 0 Å². The summed E-state index contributed by atoms with van der Waals surface area (Å²) < 4.78 is 7.98. The second kappa shape index (κ2) is 9.55. The molecule has 0 saturated carbocycles. The standard InChI is InChI=1S/C27H28N4O2/c1-20-29-10-11-30(20)18-23-7-3-5-9-26(23)27(32)31-12-13-33-19-21(17-31)14-24-16-28-15-22-6-2-4-8-25(22)24/h2-11,15-16,21H,12-14,17-19H2,1H3. The maximum atomic E-state index is 13.6. The number of imidazole rings is 1. The Bertz CT molecular complexity index is 1260. The molecule has 4 aromatic rings. The number of aryl methyl sites for hydroxylation is 1. The van der Waals surface area contributed by atoms with E-state index in [2.05, 4.69) is 32.7 Å². The first-order valence-corrected chi connectivity index (χ1v) is 11.4. The molecule has 0 radical (unpaired) electrons. The van der Waals surface area contributed by atoms with Crippen LogP contribution in [0.2, 0.25) is 0 Å². The van der Waals surface area contributed by atoms with Crippen molar-refractivity contribution in [1.29, 1.82) is 0 Å². The fourth-order valence-electron chi connectivity index (χ4n) is 4.63. The van der Waals surface area contributed by atoms with Crippen LogP contribution in [0, 0.1) is 12.8 Å². The van der Waals surface area contributed by atoms with Crippen LogP contribution in [-0.2, 0) is 17.7 Å². The Morgan fingerprint density at radius 2 is 1.94 bits per heavy atom. The van der Waals surface area contributed by atoms with Crippen molar-refractivity contribution in [3.8, 4) is 0 Å². The lowest BCUT2D eigenvalue weighted by atomic mass is 9.96. The van der Waals surface area contributed by atoms with E-state index in [-0.39, 0.29) is 11.8 Å². The third-order valence-corrected chi connectivity index (χ3v) is 6.40. The van der Waals surface area contributed by atoms with Crippen molar-refractivity contribution in [3.63, 3.8) is 0 Å². The topological polar surface area (TPSA) is 60.2 Å². The smallest absolute Gasteiger partial charge is 0.254 e. The molecule has 0 spiro atoms. The molecule has 1 aliphatic heterocycles. The van der Waals surface area contributed by atoms with Gasteiger partial charge in [0.25, 0.3) is 5.91 Å². The van der Waals surface area contributed by atoms with E-state index >= 15 is 0 Å². The summed E-state index contributed by atoms with van der Waals surface area (Å²) in [5.41, 5.74) is 2.95. The predicted molar refractivity (Wildman–Crippen MR) is 128 cm³/mol. The van der Waals surface area contributed by atoms with E-state index in [0.717, 1.165) is 28.8 Å². The van der Waals surface area contributed by atoms with Crippen molar-refractivity contribution in [2.24, 2.45) is 5.92 Å². The fraction of sp³-hybridized carbons (Fsp3) is 0.296. The summed E-state index contributed by atoms with van der Waals surface area (Å²) in [6, 6.07) is 16.2. The normalized spacial score (nSPS) is 16.6. The summed E-state index contributed by atoms with van der Waals surface area (Å²) in [7, 11) is 0. The zero-order valence-corrected chi connectivity index (χ0v) is 18.9. The molecular formula is C27H28N4O2. The second-order valence-electron chi connectivity index (χ2n) is 8.68. The van der Waals surface area contributed by atoms with Gasteiger partial charge in [-0.15, -0.1) is 0 Å². The number of ether oxygens (including phenoxy) is 1. The number of pyridine rings is 1. The number of amides is 1. The second-order valence-corrected chi connectivity index (χ2v) is 8.68. The molecule has 2 aromatic carbocycles. The van der Waals surface area contributed by atoms with Gasteiger partial charge in [-0.05, 0) is 35.9 Å². The van der Waals surface area contributed by atoms with Gasteiger partial charge in [0.05, 0.1) is 13.2 Å². The van der Waals surface area contributed by atoms with Crippen LogP contribution in [0.3, 0.4) is 0 Å². The average molecular weight is 441 g/mol. The first-order chi connectivity index (χ1) is 16.2. The molecule has 2 aromatic heterocycles. The van der Waals surface area contributed by atoms with E-state index in [4.69, 9.17) is 4.74 Å². The molecule has 6 nitrogen and oxygen atoms in total. The number of nitrogens with zero attached hydrogens (tertiary/aromatic N) is 4. The molecule has 1 atom stereocenters. The van der Waals surface area contributed by atoms with Crippen molar-refractivity contribution in [2.45, 2.75) is 19.9 Å². The van der Waals surface area contributed by atoms with Gasteiger partial charge in [0, 0.05) is 61.3 Å². The number of fused-ring (bicyclic) bond motifs is 1. The van der Waals surface area contributed by atoms with E-state index < -0.39 is 0 Å². The minimum atomic E-state index is 0.0647. The highest BCUT2D eigenvalue weighted by Crippen LogP contribution is 2.23. The van der Waals surface area contributed by atoms with Crippen molar-refractivity contribution < 1.29 is 9.53 Å². The molecule has 3 heterocycles. The van der Waals surface area contributed by atoms with E-state index in [0.29, 0.717) is 32.8 Å². The Kier molecular flexibility index (Phi) is 6.17. The van der Waals surface area contributed by atoms with Crippen LogP contribution < -0.4 is 0 Å². The quantitative estimate of drug-likeness (QED) is 0.468. The van der Waals surface area contributed by atoms with Gasteiger partial charge in [-0.2, -0.15) is 0 Å². The first kappa shape index (κ1) is 21.3. The number of rotatable bonds is 5. The molecule has 1 aliphatic rings. The Labute approximate surface area is 193 Å². The Morgan fingerprint density at radius 1 is 1.09 bits per heavy atom. The SMILES string of the molecule is Cc1nccn1Cc1ccccc1C(=O)N1CCOCC(Cc2cncc3ccccc23)C1. The van der Waals surface area contributed by atoms with Crippen LogP contribution in [0.1, 0.15) is 27.3 Å². The maximum absolute atomic E-state index is 13.6. The molecule has 5 rings (SSSR count). The number of hydrogen-bond acceptors (Lipinski definition) is 4. The summed E-state index contributed by atoms with van der Waals surface area (Å²) in [5.74, 6) is 1.21. The van der Waals surface area contributed by atoms with Crippen molar-refractivity contribution in [3.05, 3.63) is 95.8 Å². The number of aromatic nitrogens is 3. The monoisotopic (exact) mass is 440 g/mol. The lowest BCUT2D eigenvalue weighted by Gasteiger charge is -2.25. The molecule has 1 amide bonds. The molecule has 6 heteroatoms. The molecule has 1 fully saturated rings. The first-order valence-electron chi connectivity index (χ1n) is 11.4. The van der Waals surface area contributed by atoms with Crippen LogP contribution >= 0.6 is 0 Å². The van der Waals surface area contributed by atoms with Gasteiger partial charge in [0.1, 0.15) is 5.82 Å². The van der Waals surface area contributed by atoms with Gasteiger partial charge in [-0.1, -0.05) is 42.5 Å². The molecule has 1 unspecified atom stereocenters. The Balaban J connectivity index is 1.36. The fourth-order valence-corrected chi connectivity index (χ4v) is 4.63. The van der Waals surface area contributed by atoms with Crippen LogP contribution in [0.4, 0.5) is 0 Å². The van der Waals surface area contributed by atoms with E-state index in [9.17, 15) is 4.79 Å². The summed E-state index contributed by atoms with van der Waals surface area (Å²) in [4.78, 5) is 24.3. The third kappa shape index (κ3) is 4.66. The summed E-state index contributed by atoms with van der Waals surface area (Å²) in [5, 5.41) is 2.36. The van der Waals surface area contributed by atoms with Crippen molar-refractivity contribution >= 4 is 16.7 Å². The van der Waals surface area contributed by atoms with E-state index in [1.807, 2.05) is 60.7 Å². The maximum Gasteiger partial charge on any atom is 0.254 e. The van der Waals surface area contributed by atoms with Crippen LogP contribution in [0.5, 0.6) is 0 Å². The minimum absolute atomic E-state index is 0.0647. The molecule has 0 bridgehead atoms. The van der Waals surface area contributed by atoms with Crippen LogP contribution in [-0.4, -0.2) is 51.6 Å². The molecule has 1 saturated heterocycles. The molecule has 33 heavy (non-hydrogen) atoms. The minimum Gasteiger partial charge on any atom is -0.379 e. The number of carbonyl (C=O) groups is 1. The summed E-state index contributed by atoms with van der Waals surface area (Å²) in [6.07, 6.45) is 8.41. The summed E-state index contributed by atoms with van der Waals surface area (Å²) >= 11 is 0. The molecule has 0 aliphatic carbocycles.